The normalized spacial score (nSPS) is 9.25. The molecular formula is C13H26O3. The van der Waals surface area contributed by atoms with Crippen molar-refractivity contribution in [1.82, 2.24) is 0 Å². The van der Waals surface area contributed by atoms with Crippen molar-refractivity contribution in [3.63, 3.8) is 0 Å². The van der Waals surface area contributed by atoms with Crippen LogP contribution in [0.4, 0.5) is 0 Å². The first-order chi connectivity index (χ1) is 7.68. The first kappa shape index (κ1) is 17.6. The maximum absolute atomic E-state index is 8.51. The molecule has 0 rings (SSSR count). The highest BCUT2D eigenvalue weighted by molar-refractivity contribution is 4.57. The molecule has 0 spiro atoms. The molecule has 0 saturated carbocycles. The molecule has 0 aromatic heterocycles. The molecular weight excluding hydrogens is 204 g/mol. The molecule has 0 fully saturated rings. The molecule has 0 aliphatic carbocycles. The highest BCUT2D eigenvalue weighted by atomic mass is 16.5. The third kappa shape index (κ3) is 23.2. The van der Waals surface area contributed by atoms with E-state index >= 15 is 0 Å². The van der Waals surface area contributed by atoms with Crippen molar-refractivity contribution in [1.29, 1.82) is 0 Å². The lowest BCUT2D eigenvalue weighted by Crippen LogP contribution is -2.02. The monoisotopic (exact) mass is 230 g/mol. The summed E-state index contributed by atoms with van der Waals surface area (Å²) < 4.78 is 4.36. The fourth-order valence-electron chi connectivity index (χ4n) is 1.18. The van der Waals surface area contributed by atoms with Crippen LogP contribution >= 0.6 is 0 Å². The molecule has 3 nitrogen and oxygen atoms in total. The summed E-state index contributed by atoms with van der Waals surface area (Å²) >= 11 is 0. The van der Waals surface area contributed by atoms with E-state index in [4.69, 9.17) is 10.2 Å². The van der Waals surface area contributed by atoms with Crippen LogP contribution in [-0.2, 0) is 4.74 Å². The van der Waals surface area contributed by atoms with E-state index in [0.29, 0.717) is 6.42 Å². The smallest absolute Gasteiger partial charge is 0.151 e. The maximum atomic E-state index is 8.51. The van der Waals surface area contributed by atoms with Crippen LogP contribution in [0.25, 0.3) is 0 Å². The van der Waals surface area contributed by atoms with Gasteiger partial charge in [0.2, 0.25) is 0 Å². The lowest BCUT2D eigenvalue weighted by atomic mass is 10.1. The van der Waals surface area contributed by atoms with Gasteiger partial charge in [0.15, 0.2) is 6.29 Å². The van der Waals surface area contributed by atoms with Gasteiger partial charge < -0.3 is 14.9 Å². The predicted octanol–water partition coefficient (Wildman–Crippen LogP) is 3.34. The minimum Gasteiger partial charge on any atom is -0.474 e. The predicted molar refractivity (Wildman–Crippen MR) is 67.7 cm³/mol. The van der Waals surface area contributed by atoms with Gasteiger partial charge in [-0.25, -0.2) is 0 Å². The zero-order chi connectivity index (χ0) is 12.6. The topological polar surface area (TPSA) is 49.7 Å². The number of hydrogen-bond donors (Lipinski definition) is 2. The van der Waals surface area contributed by atoms with Crippen molar-refractivity contribution in [2.24, 2.45) is 0 Å². The number of ether oxygens (including phenoxy) is 1. The quantitative estimate of drug-likeness (QED) is 0.363. The van der Waals surface area contributed by atoms with Gasteiger partial charge in [-0.15, -0.1) is 0 Å². The third-order valence-corrected chi connectivity index (χ3v) is 2.01. The molecule has 0 aliphatic rings. The van der Waals surface area contributed by atoms with Crippen LogP contribution in [-0.4, -0.2) is 16.5 Å². The third-order valence-electron chi connectivity index (χ3n) is 2.01. The van der Waals surface area contributed by atoms with Crippen LogP contribution in [0.5, 0.6) is 0 Å². The largest absolute Gasteiger partial charge is 0.474 e. The van der Waals surface area contributed by atoms with Gasteiger partial charge in [-0.05, 0) is 12.8 Å². The highest BCUT2D eigenvalue weighted by Crippen LogP contribution is 2.07. The molecule has 0 saturated heterocycles. The van der Waals surface area contributed by atoms with Gasteiger partial charge in [-0.1, -0.05) is 52.2 Å². The Bertz CT molecular complexity index is 138. The summed E-state index contributed by atoms with van der Waals surface area (Å²) in [7, 11) is 0. The lowest BCUT2D eigenvalue weighted by Gasteiger charge is -2.02. The average Bonchev–Trinajstić information content (AvgIpc) is 2.25. The molecule has 0 aliphatic heterocycles. The van der Waals surface area contributed by atoms with E-state index in [0.717, 1.165) is 12.8 Å². The Kier molecular flexibility index (Phi) is 18.3. The van der Waals surface area contributed by atoms with Gasteiger partial charge in [0, 0.05) is 0 Å². The van der Waals surface area contributed by atoms with Gasteiger partial charge in [-0.2, -0.15) is 0 Å². The molecule has 16 heavy (non-hydrogen) atoms. The Hall–Kier alpha value is -0.800. The fourth-order valence-corrected chi connectivity index (χ4v) is 1.18. The second kappa shape index (κ2) is 16.6. The minimum atomic E-state index is -1.10. The highest BCUT2D eigenvalue weighted by Gasteiger charge is 1.95. The van der Waals surface area contributed by atoms with Crippen molar-refractivity contribution in [3.05, 3.63) is 25.7 Å². The van der Waals surface area contributed by atoms with E-state index in [1.807, 2.05) is 0 Å². The van der Waals surface area contributed by atoms with E-state index in [-0.39, 0.29) is 0 Å². The summed E-state index contributed by atoms with van der Waals surface area (Å²) in [5, 5.41) is 17.0. The van der Waals surface area contributed by atoms with Crippen molar-refractivity contribution < 1.29 is 14.9 Å². The molecule has 0 bridgehead atoms. The van der Waals surface area contributed by atoms with E-state index in [9.17, 15) is 0 Å². The summed E-state index contributed by atoms with van der Waals surface area (Å²) in [6.45, 7) is 8.71. The number of hydrogen-bond acceptors (Lipinski definition) is 3. The Labute approximate surface area is 99.4 Å². The fraction of sp³-hybridized carbons (Fsp3) is 0.692. The summed E-state index contributed by atoms with van der Waals surface area (Å²) in [6.07, 6.45) is 9.25. The molecule has 0 atom stereocenters. The molecule has 0 aromatic rings. The Morgan fingerprint density at radius 3 is 1.88 bits per heavy atom. The van der Waals surface area contributed by atoms with Crippen molar-refractivity contribution in [3.8, 4) is 0 Å². The second-order valence-electron chi connectivity index (χ2n) is 3.51. The van der Waals surface area contributed by atoms with Gasteiger partial charge in [-0.3, -0.25) is 0 Å². The average molecular weight is 230 g/mol. The molecule has 96 valence electrons. The van der Waals surface area contributed by atoms with Crippen LogP contribution in [0.2, 0.25) is 0 Å². The van der Waals surface area contributed by atoms with E-state index < -0.39 is 6.29 Å². The van der Waals surface area contributed by atoms with E-state index in [1.165, 1.54) is 38.2 Å². The van der Waals surface area contributed by atoms with Gasteiger partial charge >= 0.3 is 0 Å². The zero-order valence-corrected chi connectivity index (χ0v) is 10.4. The molecule has 0 heterocycles. The molecule has 0 radical (unpaired) electrons. The van der Waals surface area contributed by atoms with E-state index in [1.54, 1.807) is 0 Å². The minimum absolute atomic E-state index is 0.534. The van der Waals surface area contributed by atoms with Crippen molar-refractivity contribution >= 4 is 0 Å². The number of aliphatic hydroxyl groups is 2. The molecule has 0 amide bonds. The van der Waals surface area contributed by atoms with Crippen LogP contribution < -0.4 is 0 Å². The van der Waals surface area contributed by atoms with Crippen molar-refractivity contribution in [2.45, 2.75) is 58.2 Å². The van der Waals surface area contributed by atoms with Crippen LogP contribution in [0.1, 0.15) is 51.9 Å². The van der Waals surface area contributed by atoms with Crippen LogP contribution in [0, 0.1) is 0 Å². The molecule has 2 N–H and O–H groups in total. The zero-order valence-electron chi connectivity index (χ0n) is 10.4. The number of unbranched alkanes of at least 4 members (excludes halogenated alkanes) is 5. The van der Waals surface area contributed by atoms with E-state index in [2.05, 4.69) is 24.8 Å². The number of rotatable bonds is 9. The molecule has 0 unspecified atom stereocenters. The van der Waals surface area contributed by atoms with Gasteiger partial charge in [0.05, 0.1) is 12.5 Å². The Balaban J connectivity index is 0. The Morgan fingerprint density at radius 2 is 1.50 bits per heavy atom. The summed E-state index contributed by atoms with van der Waals surface area (Å²) in [5.41, 5.74) is 0. The van der Waals surface area contributed by atoms with Crippen molar-refractivity contribution in [2.75, 3.05) is 0 Å². The number of aliphatic hydroxyl groups excluding tert-OH is 1. The molecule has 3 heteroatoms. The summed E-state index contributed by atoms with van der Waals surface area (Å²) in [6, 6.07) is 0. The standard InChI is InChI=1S/C9H20O2.C4H6O/c1-2-3-4-5-6-7-8-9(10)11;1-3-5-4-2/h9-11H,2-8H2,1H3;3-4H,1-2H2. The lowest BCUT2D eigenvalue weighted by molar-refractivity contribution is -0.0466. The van der Waals surface area contributed by atoms with Crippen LogP contribution in [0.15, 0.2) is 25.7 Å². The van der Waals surface area contributed by atoms with Gasteiger partial charge in [0.1, 0.15) is 0 Å². The first-order valence-corrected chi connectivity index (χ1v) is 5.92. The first-order valence-electron chi connectivity index (χ1n) is 5.92. The summed E-state index contributed by atoms with van der Waals surface area (Å²) in [5.74, 6) is 0. The maximum Gasteiger partial charge on any atom is 0.151 e. The summed E-state index contributed by atoms with van der Waals surface area (Å²) in [4.78, 5) is 0. The second-order valence-corrected chi connectivity index (χ2v) is 3.51. The van der Waals surface area contributed by atoms with Crippen LogP contribution in [0.3, 0.4) is 0 Å². The molecule has 0 aromatic carbocycles. The van der Waals surface area contributed by atoms with Gasteiger partial charge in [0.25, 0.3) is 0 Å². The SMILES string of the molecule is C=COC=C.CCCCCCCCC(O)O. The Morgan fingerprint density at radius 1 is 1.00 bits per heavy atom.